The van der Waals surface area contributed by atoms with Crippen LogP contribution in [0.25, 0.3) is 0 Å². The van der Waals surface area contributed by atoms with Gasteiger partial charge >= 0.3 is 0 Å². The van der Waals surface area contributed by atoms with Crippen molar-refractivity contribution in [2.45, 2.75) is 18.9 Å². The topological polar surface area (TPSA) is 72.4 Å². The van der Waals surface area contributed by atoms with Crippen LogP contribution in [-0.4, -0.2) is 24.6 Å². The van der Waals surface area contributed by atoms with E-state index >= 15 is 0 Å². The van der Waals surface area contributed by atoms with Crippen molar-refractivity contribution in [2.24, 2.45) is 11.7 Å². The molecule has 98 valence electrons. The quantitative estimate of drug-likeness (QED) is 0.669. The molecule has 0 spiro atoms. The van der Waals surface area contributed by atoms with Crippen LogP contribution in [0.5, 0.6) is 0 Å². The van der Waals surface area contributed by atoms with Gasteiger partial charge in [0.05, 0.1) is 10.6 Å². The third-order valence-corrected chi connectivity index (χ3v) is 4.06. The first-order valence-electron chi connectivity index (χ1n) is 5.91. The van der Waals surface area contributed by atoms with E-state index in [0.29, 0.717) is 18.5 Å². The molecule has 2 N–H and O–H groups in total. The predicted octanol–water partition coefficient (Wildman–Crippen LogP) is 2.53. The molecule has 1 atom stereocenters. The molecule has 0 radical (unpaired) electrons. The third-order valence-electron chi connectivity index (χ3n) is 3.43. The fourth-order valence-electron chi connectivity index (χ4n) is 2.22. The molecule has 18 heavy (non-hydrogen) atoms. The average molecular weight is 314 g/mol. The van der Waals surface area contributed by atoms with E-state index < -0.39 is 4.92 Å². The second kappa shape index (κ2) is 5.24. The Bertz CT molecular complexity index is 463. The molecule has 1 aliphatic carbocycles. The summed E-state index contributed by atoms with van der Waals surface area (Å²) in [5, 5.41) is 10.7. The standard InChI is InChI=1S/C12H16BrN3O2/c1-15(12(7-14)8-2-3-8)11-5-4-9(16(17)18)6-10(11)13/h4-6,8,12H,2-3,7,14H2,1H3. The highest BCUT2D eigenvalue weighted by atomic mass is 79.9. The number of nitrogens with two attached hydrogens (primary N) is 1. The van der Waals surface area contributed by atoms with E-state index in [9.17, 15) is 10.1 Å². The van der Waals surface area contributed by atoms with Crippen LogP contribution >= 0.6 is 15.9 Å². The number of nitro groups is 1. The van der Waals surface area contributed by atoms with Crippen LogP contribution in [0.3, 0.4) is 0 Å². The van der Waals surface area contributed by atoms with Crippen molar-refractivity contribution in [2.75, 3.05) is 18.5 Å². The lowest BCUT2D eigenvalue weighted by Crippen LogP contribution is -2.39. The molecule has 0 amide bonds. The van der Waals surface area contributed by atoms with E-state index in [0.717, 1.165) is 10.2 Å². The van der Waals surface area contributed by atoms with E-state index in [1.807, 2.05) is 7.05 Å². The minimum Gasteiger partial charge on any atom is -0.369 e. The van der Waals surface area contributed by atoms with E-state index in [1.165, 1.54) is 25.0 Å². The fourth-order valence-corrected chi connectivity index (χ4v) is 2.87. The minimum absolute atomic E-state index is 0.0924. The maximum absolute atomic E-state index is 10.7. The Labute approximate surface area is 114 Å². The second-order valence-corrected chi connectivity index (χ2v) is 5.50. The van der Waals surface area contributed by atoms with Gasteiger partial charge in [-0.3, -0.25) is 10.1 Å². The van der Waals surface area contributed by atoms with E-state index in [1.54, 1.807) is 6.07 Å². The van der Waals surface area contributed by atoms with Gasteiger partial charge in [-0.2, -0.15) is 0 Å². The number of halogens is 1. The van der Waals surface area contributed by atoms with Crippen LogP contribution in [0.15, 0.2) is 22.7 Å². The van der Waals surface area contributed by atoms with Gasteiger partial charge in [-0.1, -0.05) is 0 Å². The van der Waals surface area contributed by atoms with Gasteiger partial charge in [0.2, 0.25) is 0 Å². The van der Waals surface area contributed by atoms with Gasteiger partial charge in [0.1, 0.15) is 0 Å². The van der Waals surface area contributed by atoms with Gasteiger partial charge < -0.3 is 10.6 Å². The Morgan fingerprint density at radius 3 is 2.72 bits per heavy atom. The Kier molecular flexibility index (Phi) is 3.87. The van der Waals surface area contributed by atoms with Crippen molar-refractivity contribution in [1.82, 2.24) is 0 Å². The number of nitro benzene ring substituents is 1. The van der Waals surface area contributed by atoms with Crippen molar-refractivity contribution >= 4 is 27.3 Å². The highest BCUT2D eigenvalue weighted by molar-refractivity contribution is 9.10. The van der Waals surface area contributed by atoms with Gasteiger partial charge in [0.25, 0.3) is 5.69 Å². The summed E-state index contributed by atoms with van der Waals surface area (Å²) in [6, 6.07) is 5.14. The van der Waals surface area contributed by atoms with Crippen LogP contribution in [0.2, 0.25) is 0 Å². The number of likely N-dealkylation sites (N-methyl/N-ethyl adjacent to an activating group) is 1. The summed E-state index contributed by atoms with van der Waals surface area (Å²) in [5.41, 5.74) is 6.85. The molecule has 0 bridgehead atoms. The normalized spacial score (nSPS) is 16.4. The Morgan fingerprint density at radius 2 is 2.28 bits per heavy atom. The number of benzene rings is 1. The fraction of sp³-hybridized carbons (Fsp3) is 0.500. The molecule has 5 nitrogen and oxygen atoms in total. The largest absolute Gasteiger partial charge is 0.369 e. The Morgan fingerprint density at radius 1 is 1.61 bits per heavy atom. The molecule has 1 aromatic rings. The number of rotatable bonds is 5. The monoisotopic (exact) mass is 313 g/mol. The third kappa shape index (κ3) is 2.64. The molecule has 0 aromatic heterocycles. The molecule has 0 aliphatic heterocycles. The molecule has 6 heteroatoms. The Balaban J connectivity index is 2.24. The van der Waals surface area contributed by atoms with Crippen molar-refractivity contribution < 1.29 is 4.92 Å². The molecular formula is C12H16BrN3O2. The second-order valence-electron chi connectivity index (χ2n) is 4.64. The van der Waals surface area contributed by atoms with Gasteiger partial charge in [-0.25, -0.2) is 0 Å². The summed E-state index contributed by atoms with van der Waals surface area (Å²) in [5.74, 6) is 0.655. The van der Waals surface area contributed by atoms with Gasteiger partial charge in [-0.15, -0.1) is 0 Å². The maximum atomic E-state index is 10.7. The first-order valence-corrected chi connectivity index (χ1v) is 6.70. The van der Waals surface area contributed by atoms with E-state index in [2.05, 4.69) is 20.8 Å². The van der Waals surface area contributed by atoms with Crippen LogP contribution in [0.4, 0.5) is 11.4 Å². The molecule has 1 aromatic carbocycles. The van der Waals surface area contributed by atoms with Crippen LogP contribution < -0.4 is 10.6 Å². The SMILES string of the molecule is CN(c1ccc([N+](=O)[O-])cc1Br)C(CN)C1CC1. The van der Waals surface area contributed by atoms with Crippen molar-refractivity contribution in [1.29, 1.82) is 0 Å². The summed E-state index contributed by atoms with van der Waals surface area (Å²) in [6.45, 7) is 0.602. The number of hydrogen-bond acceptors (Lipinski definition) is 4. The van der Waals surface area contributed by atoms with Gasteiger partial charge in [0, 0.05) is 36.2 Å². The molecule has 1 aliphatic rings. The lowest BCUT2D eigenvalue weighted by molar-refractivity contribution is -0.384. The first-order chi connectivity index (χ1) is 8.54. The molecular weight excluding hydrogens is 298 g/mol. The maximum Gasteiger partial charge on any atom is 0.270 e. The summed E-state index contributed by atoms with van der Waals surface area (Å²) < 4.78 is 0.735. The lowest BCUT2D eigenvalue weighted by atomic mass is 10.1. The van der Waals surface area contributed by atoms with E-state index in [-0.39, 0.29) is 5.69 Å². The van der Waals surface area contributed by atoms with Crippen molar-refractivity contribution in [3.05, 3.63) is 32.8 Å². The zero-order chi connectivity index (χ0) is 13.3. The molecule has 1 unspecified atom stereocenters. The first kappa shape index (κ1) is 13.3. The zero-order valence-corrected chi connectivity index (χ0v) is 11.8. The van der Waals surface area contributed by atoms with Crippen LogP contribution in [-0.2, 0) is 0 Å². The van der Waals surface area contributed by atoms with Gasteiger partial charge in [0.15, 0.2) is 0 Å². The van der Waals surface area contributed by atoms with E-state index in [4.69, 9.17) is 5.73 Å². The summed E-state index contributed by atoms with van der Waals surface area (Å²) in [6.07, 6.45) is 2.44. The number of non-ortho nitro benzene ring substituents is 1. The minimum atomic E-state index is -0.393. The smallest absolute Gasteiger partial charge is 0.270 e. The molecule has 1 fully saturated rings. The van der Waals surface area contributed by atoms with Crippen molar-refractivity contribution in [3.8, 4) is 0 Å². The Hall–Kier alpha value is -1.14. The molecule has 0 saturated heterocycles. The number of hydrogen-bond donors (Lipinski definition) is 1. The summed E-state index contributed by atoms with van der Waals surface area (Å²) >= 11 is 3.40. The lowest BCUT2D eigenvalue weighted by Gasteiger charge is -2.30. The molecule has 2 rings (SSSR count). The average Bonchev–Trinajstić information content (AvgIpc) is 3.14. The van der Waals surface area contributed by atoms with Crippen LogP contribution in [0, 0.1) is 16.0 Å². The molecule has 0 heterocycles. The molecule has 1 saturated carbocycles. The van der Waals surface area contributed by atoms with Crippen molar-refractivity contribution in [3.63, 3.8) is 0 Å². The predicted molar refractivity (Wildman–Crippen MR) is 74.8 cm³/mol. The summed E-state index contributed by atoms with van der Waals surface area (Å²) in [4.78, 5) is 12.4. The highest BCUT2D eigenvalue weighted by Crippen LogP contribution is 2.38. The van der Waals surface area contributed by atoms with Crippen LogP contribution in [0.1, 0.15) is 12.8 Å². The number of anilines is 1. The number of nitrogens with zero attached hydrogens (tertiary/aromatic N) is 2. The van der Waals surface area contributed by atoms with Gasteiger partial charge in [-0.05, 0) is 40.8 Å². The zero-order valence-electron chi connectivity index (χ0n) is 10.2. The summed E-state index contributed by atoms with van der Waals surface area (Å²) in [7, 11) is 1.99. The highest BCUT2D eigenvalue weighted by Gasteiger charge is 2.33.